The molecule has 2 heterocycles. The fourth-order valence-corrected chi connectivity index (χ4v) is 1.98. The monoisotopic (exact) mass is 232 g/mol. The summed E-state index contributed by atoms with van der Waals surface area (Å²) >= 11 is 0. The quantitative estimate of drug-likeness (QED) is 0.855. The summed E-state index contributed by atoms with van der Waals surface area (Å²) in [5, 5.41) is 0. The normalized spacial score (nSPS) is 11.1. The zero-order valence-electron chi connectivity index (χ0n) is 10.5. The van der Waals surface area contributed by atoms with E-state index in [1.807, 2.05) is 32.4 Å². The fraction of sp³-hybridized carbons (Fsp3) is 0.417. The molecule has 0 bridgehead atoms. The van der Waals surface area contributed by atoms with Crippen molar-refractivity contribution >= 4 is 0 Å². The molecular formula is C12H16N4O. The van der Waals surface area contributed by atoms with Gasteiger partial charge in [-0.1, -0.05) is 13.8 Å². The molecule has 5 heteroatoms. The van der Waals surface area contributed by atoms with Crippen molar-refractivity contribution in [2.45, 2.75) is 26.7 Å². The van der Waals surface area contributed by atoms with Gasteiger partial charge in [-0.15, -0.1) is 0 Å². The number of rotatable bonds is 2. The molecule has 2 rings (SSSR count). The van der Waals surface area contributed by atoms with Crippen LogP contribution in [0.2, 0.25) is 0 Å². The second-order valence-corrected chi connectivity index (χ2v) is 4.46. The van der Waals surface area contributed by atoms with E-state index in [1.165, 1.54) is 0 Å². The van der Waals surface area contributed by atoms with Gasteiger partial charge in [0.05, 0.1) is 12.5 Å². The molecule has 1 N–H and O–H groups in total. The molecule has 0 fully saturated rings. The lowest BCUT2D eigenvalue weighted by Gasteiger charge is -2.09. The van der Waals surface area contributed by atoms with E-state index in [4.69, 9.17) is 0 Å². The van der Waals surface area contributed by atoms with Crippen molar-refractivity contribution in [2.24, 2.45) is 7.05 Å². The van der Waals surface area contributed by atoms with Gasteiger partial charge in [-0.25, -0.2) is 9.97 Å². The highest BCUT2D eigenvalue weighted by molar-refractivity contribution is 5.48. The van der Waals surface area contributed by atoms with Gasteiger partial charge in [0.1, 0.15) is 5.69 Å². The van der Waals surface area contributed by atoms with E-state index in [9.17, 15) is 4.79 Å². The summed E-state index contributed by atoms with van der Waals surface area (Å²) in [5.41, 5.74) is 2.26. The molecule has 0 aliphatic carbocycles. The lowest BCUT2D eigenvalue weighted by atomic mass is 10.0. The summed E-state index contributed by atoms with van der Waals surface area (Å²) in [4.78, 5) is 23.3. The SMILES string of the molecule is Cc1nc(-c2cncn2C)[nH]c(=O)c1C(C)C. The van der Waals surface area contributed by atoms with Crippen LogP contribution in [0.4, 0.5) is 0 Å². The van der Waals surface area contributed by atoms with Crippen LogP contribution in [0.5, 0.6) is 0 Å². The van der Waals surface area contributed by atoms with Crippen LogP contribution in [-0.4, -0.2) is 19.5 Å². The van der Waals surface area contributed by atoms with Crippen molar-refractivity contribution in [1.82, 2.24) is 19.5 Å². The van der Waals surface area contributed by atoms with Gasteiger partial charge in [0, 0.05) is 18.3 Å². The molecule has 90 valence electrons. The van der Waals surface area contributed by atoms with Gasteiger partial charge in [-0.2, -0.15) is 0 Å². The minimum absolute atomic E-state index is 0.0660. The number of aromatic amines is 1. The highest BCUT2D eigenvalue weighted by atomic mass is 16.1. The summed E-state index contributed by atoms with van der Waals surface area (Å²) in [5.74, 6) is 0.740. The zero-order valence-corrected chi connectivity index (χ0v) is 10.5. The van der Waals surface area contributed by atoms with E-state index in [0.29, 0.717) is 5.82 Å². The molecule has 0 saturated heterocycles. The molecule has 0 unspecified atom stereocenters. The first kappa shape index (κ1) is 11.6. The first-order valence-electron chi connectivity index (χ1n) is 5.58. The van der Waals surface area contributed by atoms with Crippen molar-refractivity contribution in [1.29, 1.82) is 0 Å². The maximum atomic E-state index is 12.0. The van der Waals surface area contributed by atoms with Gasteiger partial charge in [0.2, 0.25) is 0 Å². The Bertz CT molecular complexity index is 595. The average molecular weight is 232 g/mol. The number of aryl methyl sites for hydroxylation is 2. The molecule has 5 nitrogen and oxygen atoms in total. The topological polar surface area (TPSA) is 63.6 Å². The predicted octanol–water partition coefficient (Wildman–Crippen LogP) is 1.60. The largest absolute Gasteiger partial charge is 0.331 e. The van der Waals surface area contributed by atoms with Crippen LogP contribution in [0.3, 0.4) is 0 Å². The number of aromatic nitrogens is 4. The van der Waals surface area contributed by atoms with Crippen molar-refractivity contribution in [3.63, 3.8) is 0 Å². The Morgan fingerprint density at radius 3 is 2.59 bits per heavy atom. The van der Waals surface area contributed by atoms with Gasteiger partial charge in [-0.05, 0) is 12.8 Å². The number of H-pyrrole nitrogens is 1. The smallest absolute Gasteiger partial charge is 0.254 e. The Kier molecular flexibility index (Phi) is 2.83. The van der Waals surface area contributed by atoms with E-state index >= 15 is 0 Å². The summed E-state index contributed by atoms with van der Waals surface area (Å²) in [7, 11) is 1.87. The highest BCUT2D eigenvalue weighted by Crippen LogP contribution is 2.16. The van der Waals surface area contributed by atoms with Crippen LogP contribution >= 0.6 is 0 Å². The summed E-state index contributed by atoms with van der Waals surface area (Å²) in [6, 6.07) is 0. The van der Waals surface area contributed by atoms with Gasteiger partial charge < -0.3 is 9.55 Å². The van der Waals surface area contributed by atoms with Crippen LogP contribution in [0.25, 0.3) is 11.5 Å². The number of hydrogen-bond donors (Lipinski definition) is 1. The van der Waals surface area contributed by atoms with Crippen molar-refractivity contribution in [2.75, 3.05) is 0 Å². The summed E-state index contributed by atoms with van der Waals surface area (Å²) < 4.78 is 1.83. The van der Waals surface area contributed by atoms with E-state index < -0.39 is 0 Å². The third kappa shape index (κ3) is 2.00. The summed E-state index contributed by atoms with van der Waals surface area (Å²) in [6.07, 6.45) is 3.37. The molecule has 0 aliphatic heterocycles. The van der Waals surface area contributed by atoms with E-state index in [2.05, 4.69) is 15.0 Å². The fourth-order valence-electron chi connectivity index (χ4n) is 1.98. The molecular weight excluding hydrogens is 216 g/mol. The van der Waals surface area contributed by atoms with Crippen molar-refractivity contribution < 1.29 is 0 Å². The van der Waals surface area contributed by atoms with Crippen LogP contribution in [0, 0.1) is 6.92 Å². The second kappa shape index (κ2) is 4.16. The minimum Gasteiger partial charge on any atom is -0.331 e. The molecule has 0 atom stereocenters. The Morgan fingerprint density at radius 2 is 2.12 bits per heavy atom. The molecule has 0 amide bonds. The van der Waals surface area contributed by atoms with Gasteiger partial charge >= 0.3 is 0 Å². The first-order valence-corrected chi connectivity index (χ1v) is 5.58. The van der Waals surface area contributed by atoms with Crippen LogP contribution in [0.15, 0.2) is 17.3 Å². The third-order valence-electron chi connectivity index (χ3n) is 2.78. The van der Waals surface area contributed by atoms with Crippen LogP contribution in [-0.2, 0) is 7.05 Å². The summed E-state index contributed by atoms with van der Waals surface area (Å²) in [6.45, 7) is 5.84. The van der Waals surface area contributed by atoms with Gasteiger partial charge in [0.25, 0.3) is 5.56 Å². The Morgan fingerprint density at radius 1 is 1.41 bits per heavy atom. The maximum absolute atomic E-state index is 12.0. The van der Waals surface area contributed by atoms with E-state index in [-0.39, 0.29) is 11.5 Å². The van der Waals surface area contributed by atoms with Crippen molar-refractivity contribution in [3.8, 4) is 11.5 Å². The minimum atomic E-state index is -0.0660. The average Bonchev–Trinajstić information content (AvgIpc) is 2.62. The standard InChI is InChI=1S/C12H16N4O/c1-7(2)10-8(3)14-11(15-12(10)17)9-5-13-6-16(9)4/h5-7H,1-4H3,(H,14,15,17). The molecule has 0 radical (unpaired) electrons. The molecule has 0 aromatic carbocycles. The lowest BCUT2D eigenvalue weighted by Crippen LogP contribution is -2.19. The number of nitrogens with one attached hydrogen (secondary N) is 1. The van der Waals surface area contributed by atoms with Gasteiger partial charge in [-0.3, -0.25) is 4.79 Å². The molecule has 17 heavy (non-hydrogen) atoms. The molecule has 0 aliphatic rings. The van der Waals surface area contributed by atoms with E-state index in [1.54, 1.807) is 12.5 Å². The van der Waals surface area contributed by atoms with Crippen LogP contribution < -0.4 is 5.56 Å². The lowest BCUT2D eigenvalue weighted by molar-refractivity contribution is 0.810. The number of imidazole rings is 1. The van der Waals surface area contributed by atoms with Gasteiger partial charge in [0.15, 0.2) is 5.82 Å². The Balaban J connectivity index is 2.61. The highest BCUT2D eigenvalue weighted by Gasteiger charge is 2.13. The predicted molar refractivity (Wildman–Crippen MR) is 65.9 cm³/mol. The number of nitrogens with zero attached hydrogens (tertiary/aromatic N) is 3. The van der Waals surface area contributed by atoms with E-state index in [0.717, 1.165) is 17.0 Å². The molecule has 0 saturated carbocycles. The first-order chi connectivity index (χ1) is 8.00. The molecule has 0 spiro atoms. The van der Waals surface area contributed by atoms with Crippen LogP contribution in [0.1, 0.15) is 31.0 Å². The Labute approximate surface area is 99.6 Å². The zero-order chi connectivity index (χ0) is 12.6. The third-order valence-corrected chi connectivity index (χ3v) is 2.78. The maximum Gasteiger partial charge on any atom is 0.254 e. The molecule has 2 aromatic rings. The molecule has 2 aromatic heterocycles. The number of hydrogen-bond acceptors (Lipinski definition) is 3. The van der Waals surface area contributed by atoms with Crippen molar-refractivity contribution in [3.05, 3.63) is 34.1 Å². The second-order valence-electron chi connectivity index (χ2n) is 4.46. The Hall–Kier alpha value is -1.91.